The third kappa shape index (κ3) is 2.51. The zero-order chi connectivity index (χ0) is 14.4. The summed E-state index contributed by atoms with van der Waals surface area (Å²) in [6.45, 7) is 3.28. The first-order valence-corrected chi connectivity index (χ1v) is 7.63. The molecule has 6 heteroatoms. The Balaban J connectivity index is 1.50. The van der Waals surface area contributed by atoms with Gasteiger partial charge in [-0.1, -0.05) is 0 Å². The SMILES string of the molecule is O=C(N[C@@H]1C[C@H]2CCN(C2)C1)c1cc2oc(Cl)cc2cn1. The minimum absolute atomic E-state index is 0.142. The molecular weight excluding hydrogens is 290 g/mol. The van der Waals surface area contributed by atoms with E-state index in [1.54, 1.807) is 18.3 Å². The van der Waals surface area contributed by atoms with Crippen LogP contribution in [-0.4, -0.2) is 41.5 Å². The van der Waals surface area contributed by atoms with E-state index < -0.39 is 0 Å². The van der Waals surface area contributed by atoms with Crippen LogP contribution in [0.2, 0.25) is 5.22 Å². The van der Waals surface area contributed by atoms with Crippen molar-refractivity contribution in [3.8, 4) is 0 Å². The molecule has 0 radical (unpaired) electrons. The van der Waals surface area contributed by atoms with E-state index in [1.165, 1.54) is 13.0 Å². The molecular formula is C15H16ClN3O2. The Labute approximate surface area is 127 Å². The van der Waals surface area contributed by atoms with Gasteiger partial charge < -0.3 is 14.6 Å². The first kappa shape index (κ1) is 13.1. The molecule has 0 aliphatic carbocycles. The van der Waals surface area contributed by atoms with Gasteiger partial charge in [0.2, 0.25) is 0 Å². The van der Waals surface area contributed by atoms with Crippen molar-refractivity contribution in [2.24, 2.45) is 5.92 Å². The van der Waals surface area contributed by atoms with Crippen molar-refractivity contribution in [2.45, 2.75) is 18.9 Å². The van der Waals surface area contributed by atoms with E-state index >= 15 is 0 Å². The molecule has 4 rings (SSSR count). The largest absolute Gasteiger partial charge is 0.445 e. The number of fused-ring (bicyclic) bond motifs is 3. The number of hydrogen-bond acceptors (Lipinski definition) is 4. The van der Waals surface area contributed by atoms with Gasteiger partial charge in [0, 0.05) is 42.8 Å². The van der Waals surface area contributed by atoms with Gasteiger partial charge in [0.05, 0.1) is 0 Å². The highest BCUT2D eigenvalue weighted by Crippen LogP contribution is 2.27. The number of hydrogen-bond donors (Lipinski definition) is 1. The van der Waals surface area contributed by atoms with Crippen LogP contribution in [0.5, 0.6) is 0 Å². The second-order valence-corrected chi connectivity index (χ2v) is 6.35. The van der Waals surface area contributed by atoms with Gasteiger partial charge >= 0.3 is 0 Å². The van der Waals surface area contributed by atoms with Gasteiger partial charge in [-0.15, -0.1) is 0 Å². The lowest BCUT2D eigenvalue weighted by Gasteiger charge is -2.30. The standard InChI is InChI=1S/C15H16ClN3O2/c16-14-4-10-6-17-12(5-13(10)21-14)15(20)18-11-3-9-1-2-19(7-9)8-11/h4-6,9,11H,1-3,7-8H2,(H,18,20)/t9-,11-/m1/s1. The molecule has 2 saturated heterocycles. The first-order chi connectivity index (χ1) is 10.2. The number of carbonyl (C=O) groups is 1. The molecule has 0 spiro atoms. The second kappa shape index (κ2) is 5.00. The van der Waals surface area contributed by atoms with Crippen LogP contribution in [-0.2, 0) is 0 Å². The van der Waals surface area contributed by atoms with E-state index in [0.717, 1.165) is 30.8 Å². The molecule has 0 aromatic carbocycles. The summed E-state index contributed by atoms with van der Waals surface area (Å²) in [5.41, 5.74) is 0.967. The maximum absolute atomic E-state index is 12.3. The number of carbonyl (C=O) groups excluding carboxylic acids is 1. The Kier molecular flexibility index (Phi) is 3.12. The molecule has 1 N–H and O–H groups in total. The summed E-state index contributed by atoms with van der Waals surface area (Å²) in [7, 11) is 0. The van der Waals surface area contributed by atoms with Crippen LogP contribution in [0.25, 0.3) is 11.0 Å². The average molecular weight is 306 g/mol. The van der Waals surface area contributed by atoms with Crippen LogP contribution in [0.1, 0.15) is 23.3 Å². The fraction of sp³-hybridized carbons (Fsp3) is 0.467. The maximum Gasteiger partial charge on any atom is 0.270 e. The topological polar surface area (TPSA) is 58.4 Å². The smallest absolute Gasteiger partial charge is 0.270 e. The van der Waals surface area contributed by atoms with Gasteiger partial charge in [-0.25, -0.2) is 0 Å². The predicted octanol–water partition coefficient (Wildman–Crippen LogP) is 2.31. The predicted molar refractivity (Wildman–Crippen MR) is 79.4 cm³/mol. The van der Waals surface area contributed by atoms with Gasteiger partial charge in [0.25, 0.3) is 5.91 Å². The van der Waals surface area contributed by atoms with Crippen LogP contribution >= 0.6 is 11.6 Å². The molecule has 2 aliphatic heterocycles. The number of rotatable bonds is 2. The molecule has 2 aromatic heterocycles. The molecule has 2 aromatic rings. The lowest BCUT2D eigenvalue weighted by Crippen LogP contribution is -2.47. The van der Waals surface area contributed by atoms with Gasteiger partial charge in [-0.2, -0.15) is 0 Å². The zero-order valence-corrected chi connectivity index (χ0v) is 12.3. The average Bonchev–Trinajstić information content (AvgIpc) is 2.99. The van der Waals surface area contributed by atoms with Gasteiger partial charge in [0.15, 0.2) is 5.22 Å². The van der Waals surface area contributed by atoms with Crippen molar-refractivity contribution < 1.29 is 9.21 Å². The Bertz CT molecular complexity index is 687. The number of furan rings is 1. The summed E-state index contributed by atoms with van der Waals surface area (Å²) >= 11 is 5.81. The van der Waals surface area contributed by atoms with E-state index in [4.69, 9.17) is 16.0 Å². The number of halogens is 1. The summed E-state index contributed by atoms with van der Waals surface area (Å²) in [5.74, 6) is 0.584. The van der Waals surface area contributed by atoms with Crippen molar-refractivity contribution in [1.82, 2.24) is 15.2 Å². The van der Waals surface area contributed by atoms with E-state index in [0.29, 0.717) is 16.5 Å². The Hall–Kier alpha value is -1.59. The highest BCUT2D eigenvalue weighted by Gasteiger charge is 2.33. The fourth-order valence-electron chi connectivity index (χ4n) is 3.45. The molecule has 1 amide bonds. The van der Waals surface area contributed by atoms with Crippen molar-refractivity contribution in [3.63, 3.8) is 0 Å². The van der Waals surface area contributed by atoms with Crippen LogP contribution in [0.4, 0.5) is 0 Å². The van der Waals surface area contributed by atoms with Gasteiger partial charge in [-0.05, 0) is 36.9 Å². The lowest BCUT2D eigenvalue weighted by atomic mass is 9.97. The second-order valence-electron chi connectivity index (χ2n) is 5.98. The highest BCUT2D eigenvalue weighted by molar-refractivity contribution is 6.29. The summed E-state index contributed by atoms with van der Waals surface area (Å²) < 4.78 is 5.33. The van der Waals surface area contributed by atoms with E-state index in [2.05, 4.69) is 15.2 Å². The van der Waals surface area contributed by atoms with Crippen molar-refractivity contribution in [1.29, 1.82) is 0 Å². The number of piperidine rings is 1. The Morgan fingerprint density at radius 1 is 1.43 bits per heavy atom. The Morgan fingerprint density at radius 3 is 3.19 bits per heavy atom. The number of nitrogens with zero attached hydrogens (tertiary/aromatic N) is 2. The van der Waals surface area contributed by atoms with Crippen LogP contribution in [0.15, 0.2) is 22.7 Å². The molecule has 0 saturated carbocycles. The first-order valence-electron chi connectivity index (χ1n) is 7.26. The van der Waals surface area contributed by atoms with Crippen molar-refractivity contribution >= 4 is 28.5 Å². The molecule has 2 bridgehead atoms. The number of amides is 1. The highest BCUT2D eigenvalue weighted by atomic mass is 35.5. The third-order valence-corrected chi connectivity index (χ3v) is 4.59. The molecule has 2 fully saturated rings. The molecule has 1 unspecified atom stereocenters. The minimum Gasteiger partial charge on any atom is -0.445 e. The van der Waals surface area contributed by atoms with Crippen LogP contribution < -0.4 is 5.32 Å². The molecule has 2 aliphatic rings. The third-order valence-electron chi connectivity index (χ3n) is 4.41. The fourth-order valence-corrected chi connectivity index (χ4v) is 3.65. The van der Waals surface area contributed by atoms with E-state index in [1.807, 2.05) is 0 Å². The quantitative estimate of drug-likeness (QED) is 0.925. The van der Waals surface area contributed by atoms with Crippen LogP contribution in [0.3, 0.4) is 0 Å². The summed E-state index contributed by atoms with van der Waals surface area (Å²) in [4.78, 5) is 18.9. The van der Waals surface area contributed by atoms with E-state index in [-0.39, 0.29) is 11.9 Å². The van der Waals surface area contributed by atoms with Gasteiger partial charge in [0.1, 0.15) is 11.3 Å². The summed E-state index contributed by atoms with van der Waals surface area (Å²) in [5, 5.41) is 4.20. The summed E-state index contributed by atoms with van der Waals surface area (Å²) in [6.07, 6.45) is 3.94. The zero-order valence-electron chi connectivity index (χ0n) is 11.5. The normalized spacial score (nSPS) is 28.0. The molecule has 3 atom stereocenters. The molecule has 4 heterocycles. The van der Waals surface area contributed by atoms with Crippen molar-refractivity contribution in [2.75, 3.05) is 19.6 Å². The lowest BCUT2D eigenvalue weighted by molar-refractivity contribution is 0.0904. The number of pyridine rings is 1. The monoisotopic (exact) mass is 305 g/mol. The molecule has 5 nitrogen and oxygen atoms in total. The summed E-state index contributed by atoms with van der Waals surface area (Å²) in [6, 6.07) is 3.56. The molecule has 110 valence electrons. The van der Waals surface area contributed by atoms with Crippen LogP contribution in [0, 0.1) is 5.92 Å². The van der Waals surface area contributed by atoms with Crippen molar-refractivity contribution in [3.05, 3.63) is 29.2 Å². The van der Waals surface area contributed by atoms with E-state index in [9.17, 15) is 4.79 Å². The van der Waals surface area contributed by atoms with Gasteiger partial charge in [-0.3, -0.25) is 9.78 Å². The number of nitrogens with one attached hydrogen (secondary N) is 1. The number of aromatic nitrogens is 1. The molecule has 21 heavy (non-hydrogen) atoms. The Morgan fingerprint density at radius 2 is 2.33 bits per heavy atom. The maximum atomic E-state index is 12.3. The minimum atomic E-state index is -0.142.